The predicted molar refractivity (Wildman–Crippen MR) is 101 cm³/mol. The average Bonchev–Trinajstić information content (AvgIpc) is 3.16. The lowest BCUT2D eigenvalue weighted by Crippen LogP contribution is -2.35. The van der Waals surface area contributed by atoms with Crippen LogP contribution in [0.1, 0.15) is 35.2 Å². The van der Waals surface area contributed by atoms with Crippen LogP contribution in [0.25, 0.3) is 0 Å². The third-order valence-corrected chi connectivity index (χ3v) is 6.83. The Kier molecular flexibility index (Phi) is 4.99. The van der Waals surface area contributed by atoms with E-state index < -0.39 is 16.0 Å². The van der Waals surface area contributed by atoms with E-state index in [0.29, 0.717) is 35.9 Å². The highest BCUT2D eigenvalue weighted by molar-refractivity contribution is 7.89. The number of rotatable bonds is 4. The maximum absolute atomic E-state index is 12.9. The summed E-state index contributed by atoms with van der Waals surface area (Å²) < 4.78 is 43.2. The Hall–Kier alpha value is -2.58. The molecule has 148 valence electrons. The lowest BCUT2D eigenvalue weighted by Gasteiger charge is -2.26. The van der Waals surface area contributed by atoms with Crippen LogP contribution in [0, 0.1) is 6.92 Å². The standard InChI is InChI=1S/C20H21NO6S/c1-14-5-7-16(28(23,24)21-9-3-2-4-10-21)12-17(14)20(22)27-15-6-8-18-19(11-15)26-13-25-18/h5-8,11-12H,2-4,9-10,13H2,1H3. The molecule has 28 heavy (non-hydrogen) atoms. The van der Waals surface area contributed by atoms with Crippen LogP contribution in [0.2, 0.25) is 0 Å². The van der Waals surface area contributed by atoms with Gasteiger partial charge in [-0.2, -0.15) is 4.31 Å². The van der Waals surface area contributed by atoms with E-state index in [1.165, 1.54) is 16.4 Å². The fraction of sp³-hybridized carbons (Fsp3) is 0.350. The van der Waals surface area contributed by atoms with Crippen LogP contribution < -0.4 is 14.2 Å². The van der Waals surface area contributed by atoms with Crippen LogP contribution >= 0.6 is 0 Å². The quantitative estimate of drug-likeness (QED) is 0.576. The Morgan fingerprint density at radius 3 is 2.54 bits per heavy atom. The molecule has 0 bridgehead atoms. The van der Waals surface area contributed by atoms with Crippen LogP contribution in [0.3, 0.4) is 0 Å². The third-order valence-electron chi connectivity index (χ3n) is 4.94. The van der Waals surface area contributed by atoms with Crippen LogP contribution in [0.5, 0.6) is 17.2 Å². The normalized spacial score (nSPS) is 16.8. The molecule has 4 rings (SSSR count). The van der Waals surface area contributed by atoms with Gasteiger partial charge in [0.25, 0.3) is 0 Å². The van der Waals surface area contributed by atoms with Crippen molar-refractivity contribution in [2.75, 3.05) is 19.9 Å². The van der Waals surface area contributed by atoms with Crippen molar-refractivity contribution in [1.29, 1.82) is 0 Å². The number of piperidine rings is 1. The SMILES string of the molecule is Cc1ccc(S(=O)(=O)N2CCCCC2)cc1C(=O)Oc1ccc2c(c1)OCO2. The monoisotopic (exact) mass is 403 g/mol. The van der Waals surface area contributed by atoms with Crippen molar-refractivity contribution in [3.63, 3.8) is 0 Å². The van der Waals surface area contributed by atoms with Gasteiger partial charge in [0.2, 0.25) is 16.8 Å². The molecule has 2 aliphatic heterocycles. The zero-order chi connectivity index (χ0) is 19.7. The van der Waals surface area contributed by atoms with Crippen molar-refractivity contribution in [3.05, 3.63) is 47.5 Å². The summed E-state index contributed by atoms with van der Waals surface area (Å²) in [5.41, 5.74) is 0.860. The minimum atomic E-state index is -3.63. The highest BCUT2D eigenvalue weighted by atomic mass is 32.2. The van der Waals surface area contributed by atoms with Crippen LogP contribution in [0.4, 0.5) is 0 Å². The summed E-state index contributed by atoms with van der Waals surface area (Å²) in [6.07, 6.45) is 2.74. The maximum atomic E-state index is 12.9. The first kappa shape index (κ1) is 18.8. The molecule has 0 N–H and O–H groups in total. The molecular weight excluding hydrogens is 382 g/mol. The minimum absolute atomic E-state index is 0.109. The molecule has 2 aliphatic rings. The Morgan fingerprint density at radius 1 is 1.00 bits per heavy atom. The molecule has 1 saturated heterocycles. The van der Waals surface area contributed by atoms with E-state index in [-0.39, 0.29) is 17.3 Å². The average molecular weight is 403 g/mol. The Bertz CT molecular complexity index is 1010. The first-order valence-electron chi connectivity index (χ1n) is 9.18. The van der Waals surface area contributed by atoms with Gasteiger partial charge in [-0.05, 0) is 49.6 Å². The van der Waals surface area contributed by atoms with Crippen molar-refractivity contribution >= 4 is 16.0 Å². The molecule has 1 fully saturated rings. The molecule has 0 amide bonds. The van der Waals surface area contributed by atoms with Gasteiger partial charge in [0.15, 0.2) is 11.5 Å². The van der Waals surface area contributed by atoms with Gasteiger partial charge in [0.1, 0.15) is 5.75 Å². The van der Waals surface area contributed by atoms with Gasteiger partial charge in [-0.15, -0.1) is 0 Å². The molecule has 0 aromatic heterocycles. The number of carbonyl (C=O) groups excluding carboxylic acids is 1. The number of benzene rings is 2. The lowest BCUT2D eigenvalue weighted by molar-refractivity contribution is 0.0733. The lowest BCUT2D eigenvalue weighted by atomic mass is 10.1. The molecule has 2 aromatic carbocycles. The topological polar surface area (TPSA) is 82.1 Å². The van der Waals surface area contributed by atoms with Gasteiger partial charge in [-0.1, -0.05) is 12.5 Å². The van der Waals surface area contributed by atoms with E-state index in [4.69, 9.17) is 14.2 Å². The molecule has 0 atom stereocenters. The molecule has 0 unspecified atom stereocenters. The molecule has 2 heterocycles. The molecule has 0 radical (unpaired) electrons. The Balaban J connectivity index is 1.59. The second-order valence-electron chi connectivity index (χ2n) is 6.85. The number of ether oxygens (including phenoxy) is 3. The zero-order valence-corrected chi connectivity index (χ0v) is 16.3. The van der Waals surface area contributed by atoms with E-state index in [1.807, 2.05) is 0 Å². The highest BCUT2D eigenvalue weighted by Crippen LogP contribution is 2.35. The summed E-state index contributed by atoms with van der Waals surface area (Å²) in [5.74, 6) is 0.777. The predicted octanol–water partition coefficient (Wildman–Crippen LogP) is 3.12. The maximum Gasteiger partial charge on any atom is 0.343 e. The molecular formula is C20H21NO6S. The van der Waals surface area contributed by atoms with Gasteiger partial charge in [0.05, 0.1) is 10.5 Å². The van der Waals surface area contributed by atoms with Crippen molar-refractivity contribution in [2.24, 2.45) is 0 Å². The smallest absolute Gasteiger partial charge is 0.343 e. The molecule has 0 spiro atoms. The Morgan fingerprint density at radius 2 is 1.75 bits per heavy atom. The van der Waals surface area contributed by atoms with Gasteiger partial charge >= 0.3 is 5.97 Å². The zero-order valence-electron chi connectivity index (χ0n) is 15.5. The third kappa shape index (κ3) is 3.57. The molecule has 0 aliphatic carbocycles. The number of carbonyl (C=O) groups is 1. The van der Waals surface area contributed by atoms with Crippen molar-refractivity contribution in [1.82, 2.24) is 4.31 Å². The first-order chi connectivity index (χ1) is 13.4. The van der Waals surface area contributed by atoms with Gasteiger partial charge in [-0.25, -0.2) is 13.2 Å². The van der Waals surface area contributed by atoms with E-state index in [9.17, 15) is 13.2 Å². The number of hydrogen-bond donors (Lipinski definition) is 0. The minimum Gasteiger partial charge on any atom is -0.454 e. The molecule has 7 nitrogen and oxygen atoms in total. The fourth-order valence-electron chi connectivity index (χ4n) is 3.34. The summed E-state index contributed by atoms with van der Waals surface area (Å²) in [6, 6.07) is 9.41. The number of sulfonamides is 1. The summed E-state index contributed by atoms with van der Waals surface area (Å²) in [7, 11) is -3.63. The molecule has 0 saturated carbocycles. The number of fused-ring (bicyclic) bond motifs is 1. The van der Waals surface area contributed by atoms with E-state index in [2.05, 4.69) is 0 Å². The van der Waals surface area contributed by atoms with Crippen molar-refractivity contribution in [2.45, 2.75) is 31.1 Å². The molecule has 8 heteroatoms. The second-order valence-corrected chi connectivity index (χ2v) is 8.78. The van der Waals surface area contributed by atoms with E-state index in [1.54, 1.807) is 31.2 Å². The number of aryl methyl sites for hydroxylation is 1. The fourth-order valence-corrected chi connectivity index (χ4v) is 4.88. The van der Waals surface area contributed by atoms with Crippen LogP contribution in [0.15, 0.2) is 41.3 Å². The van der Waals surface area contributed by atoms with Gasteiger partial charge in [0, 0.05) is 19.2 Å². The number of hydrogen-bond acceptors (Lipinski definition) is 6. The number of nitrogens with zero attached hydrogens (tertiary/aromatic N) is 1. The first-order valence-corrected chi connectivity index (χ1v) is 10.6. The highest BCUT2D eigenvalue weighted by Gasteiger charge is 2.27. The summed E-state index contributed by atoms with van der Waals surface area (Å²) in [5, 5.41) is 0. The summed E-state index contributed by atoms with van der Waals surface area (Å²) >= 11 is 0. The largest absolute Gasteiger partial charge is 0.454 e. The summed E-state index contributed by atoms with van der Waals surface area (Å²) in [4.78, 5) is 12.8. The van der Waals surface area contributed by atoms with Crippen molar-refractivity contribution in [3.8, 4) is 17.2 Å². The van der Waals surface area contributed by atoms with Crippen LogP contribution in [-0.2, 0) is 10.0 Å². The van der Waals surface area contributed by atoms with E-state index >= 15 is 0 Å². The van der Waals surface area contributed by atoms with Crippen LogP contribution in [-0.4, -0.2) is 38.6 Å². The van der Waals surface area contributed by atoms with Gasteiger partial charge < -0.3 is 14.2 Å². The molecule has 2 aromatic rings. The summed E-state index contributed by atoms with van der Waals surface area (Å²) in [6.45, 7) is 2.89. The van der Waals surface area contributed by atoms with Gasteiger partial charge in [-0.3, -0.25) is 0 Å². The second kappa shape index (κ2) is 7.44. The van der Waals surface area contributed by atoms with E-state index in [0.717, 1.165) is 19.3 Å². The number of esters is 1. The Labute approximate surface area is 163 Å². The van der Waals surface area contributed by atoms with Crippen molar-refractivity contribution < 1.29 is 27.4 Å².